The minimum atomic E-state index is 0.207. The highest BCUT2D eigenvalue weighted by Gasteiger charge is 2.09. The summed E-state index contributed by atoms with van der Waals surface area (Å²) in [6, 6.07) is 11.7. The van der Waals surface area contributed by atoms with Crippen LogP contribution in [-0.2, 0) is 0 Å². The summed E-state index contributed by atoms with van der Waals surface area (Å²) in [6.45, 7) is 1.89. The molecule has 0 spiro atoms. The smallest absolute Gasteiger partial charge is 0.342 e. The highest BCUT2D eigenvalue weighted by Crippen LogP contribution is 2.25. The van der Waals surface area contributed by atoms with Crippen LogP contribution in [0.5, 0.6) is 11.9 Å². The van der Waals surface area contributed by atoms with Gasteiger partial charge in [-0.3, -0.25) is 0 Å². The van der Waals surface area contributed by atoms with Crippen molar-refractivity contribution in [3.63, 3.8) is 0 Å². The highest BCUT2D eigenvalue weighted by atomic mass is 16.5. The number of nitrogens with zero attached hydrogens (tertiary/aromatic N) is 4. The van der Waals surface area contributed by atoms with Crippen LogP contribution in [0.1, 0.15) is 5.56 Å². The van der Waals surface area contributed by atoms with Crippen LogP contribution < -0.4 is 10.5 Å². The van der Waals surface area contributed by atoms with E-state index in [1.165, 1.54) is 0 Å². The molecular weight excluding hydrogens is 254 g/mol. The fourth-order valence-corrected chi connectivity index (χ4v) is 1.71. The molecule has 6 heteroatoms. The van der Waals surface area contributed by atoms with Gasteiger partial charge in [0.1, 0.15) is 6.33 Å². The fourth-order valence-electron chi connectivity index (χ4n) is 1.71. The first-order valence-electron chi connectivity index (χ1n) is 6.10. The van der Waals surface area contributed by atoms with E-state index in [-0.39, 0.29) is 6.01 Å². The van der Waals surface area contributed by atoms with Gasteiger partial charge in [0.05, 0.1) is 11.4 Å². The third-order valence-corrected chi connectivity index (χ3v) is 2.85. The van der Waals surface area contributed by atoms with Crippen molar-refractivity contribution in [2.45, 2.75) is 6.92 Å². The first-order chi connectivity index (χ1) is 9.74. The zero-order valence-electron chi connectivity index (χ0n) is 10.9. The summed E-state index contributed by atoms with van der Waals surface area (Å²) in [5.74, 6) is 0.316. The van der Waals surface area contributed by atoms with Gasteiger partial charge in [0, 0.05) is 6.20 Å². The second kappa shape index (κ2) is 5.00. The Balaban J connectivity index is 1.86. The van der Waals surface area contributed by atoms with Gasteiger partial charge in [0.2, 0.25) is 5.88 Å². The van der Waals surface area contributed by atoms with Gasteiger partial charge in [-0.05, 0) is 30.7 Å². The average molecular weight is 267 g/mol. The van der Waals surface area contributed by atoms with Crippen molar-refractivity contribution < 1.29 is 4.74 Å². The predicted octanol–water partition coefficient (Wildman–Crippen LogP) is 2.35. The maximum atomic E-state index is 5.90. The molecular formula is C14H13N5O. The summed E-state index contributed by atoms with van der Waals surface area (Å²) in [7, 11) is 0. The average Bonchev–Trinajstić information content (AvgIpc) is 2.93. The Morgan fingerprint density at radius 3 is 2.70 bits per heavy atom. The molecule has 0 aliphatic carbocycles. The molecule has 0 bridgehead atoms. The Bertz CT molecular complexity index is 723. The molecule has 2 aromatic heterocycles. The number of nitrogen functional groups attached to an aromatic ring is 1. The molecule has 0 unspecified atom stereocenters. The molecule has 20 heavy (non-hydrogen) atoms. The van der Waals surface area contributed by atoms with Crippen LogP contribution in [0.25, 0.3) is 5.69 Å². The number of aryl methyl sites for hydroxylation is 1. The van der Waals surface area contributed by atoms with Gasteiger partial charge in [0.25, 0.3) is 0 Å². The molecule has 3 rings (SSSR count). The summed E-state index contributed by atoms with van der Waals surface area (Å²) < 4.78 is 7.14. The fraction of sp³-hybridized carbons (Fsp3) is 0.0714. The second-order valence-corrected chi connectivity index (χ2v) is 4.26. The lowest BCUT2D eigenvalue weighted by Gasteiger charge is -2.05. The topological polar surface area (TPSA) is 78.9 Å². The van der Waals surface area contributed by atoms with Crippen LogP contribution in [0.4, 0.5) is 5.69 Å². The summed E-state index contributed by atoms with van der Waals surface area (Å²) >= 11 is 0. The van der Waals surface area contributed by atoms with E-state index in [4.69, 9.17) is 10.5 Å². The van der Waals surface area contributed by atoms with E-state index in [0.29, 0.717) is 11.6 Å². The van der Waals surface area contributed by atoms with Crippen molar-refractivity contribution in [1.82, 2.24) is 19.7 Å². The highest BCUT2D eigenvalue weighted by molar-refractivity contribution is 5.54. The quantitative estimate of drug-likeness (QED) is 0.788. The number of rotatable bonds is 3. The number of aromatic nitrogens is 4. The number of nitrogens with two attached hydrogens (primary N) is 1. The van der Waals surface area contributed by atoms with Gasteiger partial charge >= 0.3 is 6.01 Å². The molecule has 0 aliphatic rings. The monoisotopic (exact) mass is 267 g/mol. The first kappa shape index (κ1) is 12.2. The minimum Gasteiger partial charge on any atom is -0.402 e. The largest absolute Gasteiger partial charge is 0.402 e. The van der Waals surface area contributed by atoms with Crippen molar-refractivity contribution in [2.75, 3.05) is 5.73 Å². The van der Waals surface area contributed by atoms with Gasteiger partial charge in [-0.2, -0.15) is 4.98 Å². The number of anilines is 1. The van der Waals surface area contributed by atoms with E-state index < -0.39 is 0 Å². The van der Waals surface area contributed by atoms with Gasteiger partial charge in [-0.15, -0.1) is 5.10 Å². The van der Waals surface area contributed by atoms with E-state index in [0.717, 1.165) is 11.3 Å². The van der Waals surface area contributed by atoms with Crippen LogP contribution >= 0.6 is 0 Å². The summed E-state index contributed by atoms with van der Waals surface area (Å²) in [5.41, 5.74) is 8.19. The van der Waals surface area contributed by atoms with Gasteiger partial charge in [-0.1, -0.05) is 18.2 Å². The molecule has 1 aromatic carbocycles. The number of ether oxygens (including phenoxy) is 1. The van der Waals surface area contributed by atoms with Crippen molar-refractivity contribution in [1.29, 1.82) is 0 Å². The van der Waals surface area contributed by atoms with Crippen LogP contribution in [0.3, 0.4) is 0 Å². The van der Waals surface area contributed by atoms with E-state index >= 15 is 0 Å². The third kappa shape index (κ3) is 2.31. The Hall–Kier alpha value is -2.89. The van der Waals surface area contributed by atoms with E-state index in [9.17, 15) is 0 Å². The molecule has 2 N–H and O–H groups in total. The number of para-hydroxylation sites is 1. The van der Waals surface area contributed by atoms with Gasteiger partial charge in [0.15, 0.2) is 0 Å². The van der Waals surface area contributed by atoms with E-state index in [1.54, 1.807) is 17.2 Å². The third-order valence-electron chi connectivity index (χ3n) is 2.85. The SMILES string of the molecule is Cc1ccnc(Oc2ncn(-c3ccccc3)n2)c1N. The zero-order valence-corrected chi connectivity index (χ0v) is 10.9. The van der Waals surface area contributed by atoms with Crippen LogP contribution in [-0.4, -0.2) is 19.7 Å². The molecule has 100 valence electrons. The van der Waals surface area contributed by atoms with Crippen molar-refractivity contribution in [3.05, 3.63) is 54.5 Å². The molecule has 0 aliphatic heterocycles. The molecule has 3 aromatic rings. The van der Waals surface area contributed by atoms with Crippen LogP contribution in [0.15, 0.2) is 48.9 Å². The Morgan fingerprint density at radius 1 is 1.10 bits per heavy atom. The lowest BCUT2D eigenvalue weighted by atomic mass is 10.2. The van der Waals surface area contributed by atoms with Crippen molar-refractivity contribution >= 4 is 5.69 Å². The standard InChI is InChI=1S/C14H13N5O/c1-10-7-8-16-13(12(10)15)20-14-17-9-19(18-14)11-5-3-2-4-6-11/h2-9H,15H2,1H3. The maximum absolute atomic E-state index is 5.90. The molecule has 0 saturated carbocycles. The summed E-state index contributed by atoms with van der Waals surface area (Å²) in [4.78, 5) is 8.17. The number of hydrogen-bond donors (Lipinski definition) is 1. The van der Waals surface area contributed by atoms with E-state index in [2.05, 4.69) is 15.1 Å². The molecule has 0 atom stereocenters. The number of pyridine rings is 1. The number of hydrogen-bond acceptors (Lipinski definition) is 5. The second-order valence-electron chi connectivity index (χ2n) is 4.26. The van der Waals surface area contributed by atoms with Crippen LogP contribution in [0, 0.1) is 6.92 Å². The molecule has 6 nitrogen and oxygen atoms in total. The maximum Gasteiger partial charge on any atom is 0.342 e. The minimum absolute atomic E-state index is 0.207. The molecule has 0 saturated heterocycles. The normalized spacial score (nSPS) is 10.4. The Kier molecular flexibility index (Phi) is 3.04. The van der Waals surface area contributed by atoms with Crippen molar-refractivity contribution in [3.8, 4) is 17.6 Å². The zero-order chi connectivity index (χ0) is 13.9. The Labute approximate surface area is 115 Å². The Morgan fingerprint density at radius 2 is 1.90 bits per heavy atom. The molecule has 0 radical (unpaired) electrons. The number of benzene rings is 1. The lowest BCUT2D eigenvalue weighted by Crippen LogP contribution is -1.99. The summed E-state index contributed by atoms with van der Waals surface area (Å²) in [5, 5.41) is 4.23. The van der Waals surface area contributed by atoms with Crippen LogP contribution in [0.2, 0.25) is 0 Å². The van der Waals surface area contributed by atoms with Gasteiger partial charge < -0.3 is 10.5 Å². The lowest BCUT2D eigenvalue weighted by molar-refractivity contribution is 0.427. The van der Waals surface area contributed by atoms with Gasteiger partial charge in [-0.25, -0.2) is 9.67 Å². The summed E-state index contributed by atoms with van der Waals surface area (Å²) in [6.07, 6.45) is 3.21. The predicted molar refractivity (Wildman–Crippen MR) is 74.8 cm³/mol. The van der Waals surface area contributed by atoms with E-state index in [1.807, 2.05) is 43.3 Å². The first-order valence-corrected chi connectivity index (χ1v) is 6.10. The van der Waals surface area contributed by atoms with Crippen molar-refractivity contribution in [2.24, 2.45) is 0 Å². The molecule has 2 heterocycles. The molecule has 0 amide bonds. The molecule has 0 fully saturated rings.